The summed E-state index contributed by atoms with van der Waals surface area (Å²) in [5.41, 5.74) is 1.31. The highest BCUT2D eigenvalue weighted by molar-refractivity contribution is 7.40. The van der Waals surface area contributed by atoms with Gasteiger partial charge in [-0.1, -0.05) is 76.8 Å². The van der Waals surface area contributed by atoms with Crippen LogP contribution in [-0.4, -0.2) is 62.3 Å². The van der Waals surface area contributed by atoms with Crippen molar-refractivity contribution in [2.45, 2.75) is 103 Å². The zero-order valence-electron chi connectivity index (χ0n) is 23.8. The van der Waals surface area contributed by atoms with Gasteiger partial charge in [0.05, 0.1) is 13.2 Å². The fourth-order valence-electron chi connectivity index (χ4n) is 3.97. The first-order chi connectivity index (χ1) is 17.9. The van der Waals surface area contributed by atoms with Crippen LogP contribution in [0.1, 0.15) is 96.5 Å². The molecule has 0 heterocycles. The molecule has 1 aromatic rings. The molecule has 1 aromatic carbocycles. The van der Waals surface area contributed by atoms with Crippen LogP contribution in [0.15, 0.2) is 24.3 Å². The Morgan fingerprint density at radius 1 is 0.865 bits per heavy atom. The van der Waals surface area contributed by atoms with Crippen molar-refractivity contribution in [3.63, 3.8) is 0 Å². The van der Waals surface area contributed by atoms with Gasteiger partial charge in [-0.15, -0.1) is 0 Å². The molecule has 0 amide bonds. The first-order valence-electron chi connectivity index (χ1n) is 14.2. The summed E-state index contributed by atoms with van der Waals surface area (Å²) in [5.74, 6) is 0.295. The van der Waals surface area contributed by atoms with Crippen molar-refractivity contribution >= 4 is 14.6 Å². The standard InChI is InChI=1S/C29H52NO6P/c1-5-6-7-8-9-10-11-12-13-14-17-27-18-20-28(21-19-27)33-24-29(36-26(2)31)25-35-37(32)34-23-16-15-22-30(3)4/h18-21,29,32H,5-17,22-25H2,1-4H3. The maximum absolute atomic E-state index is 11.5. The first kappa shape index (κ1) is 33.8. The van der Waals surface area contributed by atoms with Gasteiger partial charge in [-0.3, -0.25) is 4.79 Å². The smallest absolute Gasteiger partial charge is 0.329 e. The molecule has 0 aliphatic carbocycles. The highest BCUT2D eigenvalue weighted by Crippen LogP contribution is 2.33. The minimum atomic E-state index is -2.01. The second-order valence-corrected chi connectivity index (χ2v) is 11.0. The molecule has 1 N–H and O–H groups in total. The maximum Gasteiger partial charge on any atom is 0.329 e. The molecule has 0 aliphatic heterocycles. The van der Waals surface area contributed by atoms with Crippen LogP contribution in [0.25, 0.3) is 0 Å². The Labute approximate surface area is 227 Å². The summed E-state index contributed by atoms with van der Waals surface area (Å²) >= 11 is 0. The van der Waals surface area contributed by atoms with Gasteiger partial charge in [0.2, 0.25) is 0 Å². The SMILES string of the molecule is CCCCCCCCCCCCc1ccc(OCC(COP(O)OCCCCN(C)C)OC(C)=O)cc1. The van der Waals surface area contributed by atoms with E-state index in [0.29, 0.717) is 12.4 Å². The van der Waals surface area contributed by atoms with Crippen LogP contribution in [0, 0.1) is 0 Å². The summed E-state index contributed by atoms with van der Waals surface area (Å²) in [4.78, 5) is 23.5. The first-order valence-corrected chi connectivity index (χ1v) is 15.3. The van der Waals surface area contributed by atoms with Crippen molar-refractivity contribution in [1.82, 2.24) is 4.90 Å². The molecule has 0 aliphatic rings. The van der Waals surface area contributed by atoms with Gasteiger partial charge < -0.3 is 28.3 Å². The molecule has 8 heteroatoms. The van der Waals surface area contributed by atoms with Crippen LogP contribution in [0.2, 0.25) is 0 Å². The number of nitrogens with zero attached hydrogens (tertiary/aromatic N) is 1. The quantitative estimate of drug-likeness (QED) is 0.0853. The lowest BCUT2D eigenvalue weighted by atomic mass is 10.0. The fraction of sp³-hybridized carbons (Fsp3) is 0.759. The van der Waals surface area contributed by atoms with Gasteiger partial charge in [0, 0.05) is 6.92 Å². The molecule has 214 valence electrons. The summed E-state index contributed by atoms with van der Waals surface area (Å²) in [6.45, 7) is 5.16. The highest BCUT2D eigenvalue weighted by Gasteiger charge is 2.17. The zero-order chi connectivity index (χ0) is 27.1. The maximum atomic E-state index is 11.5. The van der Waals surface area contributed by atoms with E-state index in [4.69, 9.17) is 18.5 Å². The average molecular weight is 542 g/mol. The largest absolute Gasteiger partial charge is 0.490 e. The molecule has 2 unspecified atom stereocenters. The Hall–Kier alpha value is -1.24. The third-order valence-corrected chi connectivity index (χ3v) is 6.86. The number of carbonyl (C=O) groups is 1. The van der Waals surface area contributed by atoms with Crippen LogP contribution in [0.3, 0.4) is 0 Å². The number of esters is 1. The van der Waals surface area contributed by atoms with Crippen LogP contribution in [0.5, 0.6) is 5.75 Å². The van der Waals surface area contributed by atoms with Crippen molar-refractivity contribution in [1.29, 1.82) is 0 Å². The summed E-state index contributed by atoms with van der Waals surface area (Å²) in [6, 6.07) is 8.09. The van der Waals surface area contributed by atoms with E-state index < -0.39 is 20.7 Å². The van der Waals surface area contributed by atoms with Crippen LogP contribution >= 0.6 is 8.60 Å². The molecule has 0 aromatic heterocycles. The lowest BCUT2D eigenvalue weighted by Gasteiger charge is -2.19. The third kappa shape index (κ3) is 20.4. The number of carbonyl (C=O) groups excluding carboxylic acids is 1. The molecule has 0 bridgehead atoms. The van der Waals surface area contributed by atoms with E-state index >= 15 is 0 Å². The van der Waals surface area contributed by atoms with Crippen LogP contribution < -0.4 is 4.74 Å². The molecular weight excluding hydrogens is 489 g/mol. The number of aryl methyl sites for hydroxylation is 1. The molecule has 7 nitrogen and oxygen atoms in total. The number of benzene rings is 1. The van der Waals surface area contributed by atoms with Gasteiger partial charge in [-0.2, -0.15) is 0 Å². The number of hydrogen-bond acceptors (Lipinski definition) is 7. The van der Waals surface area contributed by atoms with Crippen molar-refractivity contribution in [3.8, 4) is 5.75 Å². The summed E-state index contributed by atoms with van der Waals surface area (Å²) < 4.78 is 21.8. The molecule has 2 atom stereocenters. The fourth-order valence-corrected chi connectivity index (χ4v) is 4.62. The summed E-state index contributed by atoms with van der Waals surface area (Å²) in [6.07, 6.45) is 15.7. The normalized spacial score (nSPS) is 13.0. The van der Waals surface area contributed by atoms with Gasteiger partial charge >= 0.3 is 14.6 Å². The Bertz CT molecular complexity index is 673. The predicted molar refractivity (Wildman–Crippen MR) is 152 cm³/mol. The third-order valence-electron chi connectivity index (χ3n) is 6.08. The minimum absolute atomic E-state index is 0.0102. The van der Waals surface area contributed by atoms with E-state index in [-0.39, 0.29) is 13.2 Å². The second kappa shape index (κ2) is 22.7. The monoisotopic (exact) mass is 541 g/mol. The van der Waals surface area contributed by atoms with Gasteiger partial charge in [0.1, 0.15) is 12.4 Å². The average Bonchev–Trinajstić information content (AvgIpc) is 2.87. The van der Waals surface area contributed by atoms with Crippen molar-refractivity contribution < 1.29 is 28.2 Å². The number of ether oxygens (including phenoxy) is 2. The highest BCUT2D eigenvalue weighted by atomic mass is 31.2. The second-order valence-electron chi connectivity index (χ2n) is 10.00. The van der Waals surface area contributed by atoms with Crippen molar-refractivity contribution in [3.05, 3.63) is 29.8 Å². The van der Waals surface area contributed by atoms with Gasteiger partial charge in [-0.05, 0) is 64.0 Å². The minimum Gasteiger partial charge on any atom is -0.490 e. The lowest BCUT2D eigenvalue weighted by molar-refractivity contribution is -0.149. The summed E-state index contributed by atoms with van der Waals surface area (Å²) in [5, 5.41) is 0. The van der Waals surface area contributed by atoms with Gasteiger partial charge in [-0.25, -0.2) is 0 Å². The van der Waals surface area contributed by atoms with Crippen LogP contribution in [0.4, 0.5) is 0 Å². The van der Waals surface area contributed by atoms with Gasteiger partial charge in [0.25, 0.3) is 0 Å². The Morgan fingerprint density at radius 2 is 1.49 bits per heavy atom. The number of rotatable bonds is 24. The topological polar surface area (TPSA) is 77.5 Å². The van der Waals surface area contributed by atoms with Gasteiger partial charge in [0.15, 0.2) is 6.10 Å². The molecular formula is C29H52NO6P. The Kier molecular flexibility index (Phi) is 20.7. The van der Waals surface area contributed by atoms with E-state index in [9.17, 15) is 9.69 Å². The Balaban J connectivity index is 2.23. The van der Waals surface area contributed by atoms with Crippen LogP contribution in [-0.2, 0) is 25.0 Å². The summed E-state index contributed by atoms with van der Waals surface area (Å²) in [7, 11) is 2.03. The molecule has 0 fully saturated rings. The molecule has 37 heavy (non-hydrogen) atoms. The Morgan fingerprint density at radius 3 is 2.08 bits per heavy atom. The lowest BCUT2D eigenvalue weighted by Crippen LogP contribution is -2.28. The molecule has 0 saturated carbocycles. The molecule has 0 radical (unpaired) electrons. The predicted octanol–water partition coefficient (Wildman–Crippen LogP) is 7.05. The van der Waals surface area contributed by atoms with E-state index in [0.717, 1.165) is 25.8 Å². The van der Waals surface area contributed by atoms with E-state index in [1.165, 1.54) is 76.7 Å². The van der Waals surface area contributed by atoms with Crippen molar-refractivity contribution in [2.75, 3.05) is 40.5 Å². The van der Waals surface area contributed by atoms with E-state index in [2.05, 4.69) is 24.0 Å². The molecule has 0 saturated heterocycles. The molecule has 0 spiro atoms. The van der Waals surface area contributed by atoms with Crippen molar-refractivity contribution in [2.24, 2.45) is 0 Å². The number of hydrogen-bond donors (Lipinski definition) is 1. The number of unbranched alkanes of at least 4 members (excludes halogenated alkanes) is 10. The van der Waals surface area contributed by atoms with E-state index in [1.54, 1.807) is 0 Å². The van der Waals surface area contributed by atoms with E-state index in [1.807, 2.05) is 26.2 Å². The zero-order valence-corrected chi connectivity index (χ0v) is 24.7. The molecule has 1 rings (SSSR count).